The summed E-state index contributed by atoms with van der Waals surface area (Å²) in [6.45, 7) is 8.72. The Morgan fingerprint density at radius 3 is 2.54 bits per heavy atom. The largest absolute Gasteiger partial charge is 0.373 e. The third-order valence-electron chi connectivity index (χ3n) is 4.36. The lowest BCUT2D eigenvalue weighted by atomic mass is 10.2. The van der Waals surface area contributed by atoms with Crippen molar-refractivity contribution in [2.75, 3.05) is 26.2 Å². The molecule has 0 amide bonds. The molecule has 26 heavy (non-hydrogen) atoms. The first-order valence-electron chi connectivity index (χ1n) is 8.81. The first-order chi connectivity index (χ1) is 12.2. The van der Waals surface area contributed by atoms with Gasteiger partial charge in [0.25, 0.3) is 5.69 Å². The monoisotopic (exact) mass is 385 g/mol. The predicted molar refractivity (Wildman–Crippen MR) is 98.7 cm³/mol. The van der Waals surface area contributed by atoms with Gasteiger partial charge in [0.15, 0.2) is 0 Å². The number of nitrogens with zero attached hydrogens (tertiary/aromatic N) is 2. The smallest absolute Gasteiger partial charge is 0.270 e. The maximum Gasteiger partial charge on any atom is 0.270 e. The normalized spacial score (nSPS) is 21.7. The van der Waals surface area contributed by atoms with Crippen LogP contribution in [0, 0.1) is 17.0 Å². The van der Waals surface area contributed by atoms with E-state index in [2.05, 4.69) is 23.5 Å². The topological polar surface area (TPSA) is 102 Å². The van der Waals surface area contributed by atoms with Crippen molar-refractivity contribution in [3.05, 3.63) is 33.9 Å². The molecule has 1 saturated heterocycles. The van der Waals surface area contributed by atoms with E-state index < -0.39 is 14.9 Å². The highest BCUT2D eigenvalue weighted by atomic mass is 32.2. The highest BCUT2D eigenvalue weighted by Crippen LogP contribution is 2.21. The fourth-order valence-corrected chi connectivity index (χ4v) is 4.54. The van der Waals surface area contributed by atoms with Gasteiger partial charge >= 0.3 is 0 Å². The molecular weight excluding hydrogens is 358 g/mol. The van der Waals surface area contributed by atoms with Crippen LogP contribution >= 0.6 is 0 Å². The molecule has 0 aliphatic carbocycles. The Morgan fingerprint density at radius 2 is 1.92 bits per heavy atom. The summed E-state index contributed by atoms with van der Waals surface area (Å²) in [6.07, 6.45) is 2.01. The van der Waals surface area contributed by atoms with Crippen LogP contribution in [-0.4, -0.2) is 56.6 Å². The average Bonchev–Trinajstić information content (AvgIpc) is 2.53. The van der Waals surface area contributed by atoms with Gasteiger partial charge in [-0.3, -0.25) is 15.0 Å². The Kier molecular flexibility index (Phi) is 7.10. The average molecular weight is 385 g/mol. The summed E-state index contributed by atoms with van der Waals surface area (Å²) in [6, 6.07) is 3.86. The maximum absolute atomic E-state index is 12.4. The van der Waals surface area contributed by atoms with E-state index in [1.54, 1.807) is 6.92 Å². The van der Waals surface area contributed by atoms with E-state index in [9.17, 15) is 18.5 Å². The Balaban J connectivity index is 1.83. The molecular formula is C17H27N3O5S. The summed E-state index contributed by atoms with van der Waals surface area (Å²) < 4.78 is 33.1. The van der Waals surface area contributed by atoms with E-state index in [1.165, 1.54) is 12.1 Å². The molecule has 1 aromatic carbocycles. The summed E-state index contributed by atoms with van der Waals surface area (Å²) in [5.74, 6) is 0. The number of nitro groups is 1. The molecule has 146 valence electrons. The van der Waals surface area contributed by atoms with Crippen LogP contribution in [0.25, 0.3) is 0 Å². The summed E-state index contributed by atoms with van der Waals surface area (Å²) >= 11 is 0. The molecule has 0 radical (unpaired) electrons. The molecule has 1 aliphatic rings. The van der Waals surface area contributed by atoms with Crippen LogP contribution in [-0.2, 0) is 14.8 Å². The van der Waals surface area contributed by atoms with Crippen LogP contribution in [0.3, 0.4) is 0 Å². The number of nitro benzene ring substituents is 1. The number of hydrogen-bond acceptors (Lipinski definition) is 6. The Hall–Kier alpha value is -1.55. The van der Waals surface area contributed by atoms with Crippen molar-refractivity contribution < 1.29 is 18.1 Å². The Morgan fingerprint density at radius 1 is 1.27 bits per heavy atom. The molecule has 1 heterocycles. The molecule has 2 unspecified atom stereocenters. The quantitative estimate of drug-likeness (QED) is 0.418. The molecule has 2 atom stereocenters. The molecule has 2 rings (SSSR count). The fraction of sp³-hybridized carbons (Fsp3) is 0.647. The molecule has 0 bridgehead atoms. The third kappa shape index (κ3) is 5.73. The van der Waals surface area contributed by atoms with Gasteiger partial charge in [-0.25, -0.2) is 13.1 Å². The van der Waals surface area contributed by atoms with Crippen molar-refractivity contribution in [2.45, 2.75) is 50.7 Å². The van der Waals surface area contributed by atoms with Crippen molar-refractivity contribution in [1.82, 2.24) is 9.62 Å². The summed E-state index contributed by atoms with van der Waals surface area (Å²) in [4.78, 5) is 12.6. The van der Waals surface area contributed by atoms with Crippen molar-refractivity contribution in [3.63, 3.8) is 0 Å². The van der Waals surface area contributed by atoms with Crippen LogP contribution in [0.1, 0.15) is 32.3 Å². The number of rotatable bonds is 8. The standard InChI is InChI=1S/C17H27N3O5S/c1-13-6-7-16(20(21)22)10-17(13)26(23,24)18-8-4-5-9-19-11-14(2)25-15(3)12-19/h6-7,10,14-15,18H,4-5,8-9,11-12H2,1-3H3. The van der Waals surface area contributed by atoms with Gasteiger partial charge in [0.05, 0.1) is 22.0 Å². The number of hydrogen-bond donors (Lipinski definition) is 1. The SMILES string of the molecule is Cc1ccc([N+](=O)[O-])cc1S(=O)(=O)NCCCCN1CC(C)OC(C)C1. The summed E-state index contributed by atoms with van der Waals surface area (Å²) in [5.41, 5.74) is 0.255. The summed E-state index contributed by atoms with van der Waals surface area (Å²) in [5, 5.41) is 10.9. The minimum Gasteiger partial charge on any atom is -0.373 e. The van der Waals surface area contributed by atoms with Gasteiger partial charge < -0.3 is 4.74 Å². The highest BCUT2D eigenvalue weighted by molar-refractivity contribution is 7.89. The number of ether oxygens (including phenoxy) is 1. The van der Waals surface area contributed by atoms with Gasteiger partial charge in [0.2, 0.25) is 10.0 Å². The van der Waals surface area contributed by atoms with Gasteiger partial charge in [-0.2, -0.15) is 0 Å². The van der Waals surface area contributed by atoms with Crippen LogP contribution in [0.15, 0.2) is 23.1 Å². The molecule has 0 saturated carbocycles. The van der Waals surface area contributed by atoms with E-state index in [-0.39, 0.29) is 22.8 Å². The van der Waals surface area contributed by atoms with Crippen LogP contribution in [0.2, 0.25) is 0 Å². The molecule has 1 N–H and O–H groups in total. The molecule has 8 nitrogen and oxygen atoms in total. The lowest BCUT2D eigenvalue weighted by molar-refractivity contribution is -0.385. The molecule has 1 fully saturated rings. The lowest BCUT2D eigenvalue weighted by Crippen LogP contribution is -2.45. The first-order valence-corrected chi connectivity index (χ1v) is 10.3. The van der Waals surface area contributed by atoms with Gasteiger partial charge in [-0.05, 0) is 45.7 Å². The maximum atomic E-state index is 12.4. The number of nitrogens with one attached hydrogen (secondary N) is 1. The second-order valence-corrected chi connectivity index (χ2v) is 8.56. The molecule has 0 aromatic heterocycles. The van der Waals surface area contributed by atoms with Gasteiger partial charge in [0, 0.05) is 31.8 Å². The van der Waals surface area contributed by atoms with Crippen LogP contribution < -0.4 is 4.72 Å². The Bertz CT molecular complexity index is 728. The number of benzene rings is 1. The third-order valence-corrected chi connectivity index (χ3v) is 5.96. The fourth-order valence-electron chi connectivity index (χ4n) is 3.20. The summed E-state index contributed by atoms with van der Waals surface area (Å²) in [7, 11) is -3.76. The molecule has 0 spiro atoms. The minimum atomic E-state index is -3.76. The van der Waals surface area contributed by atoms with E-state index in [0.29, 0.717) is 18.5 Å². The van der Waals surface area contributed by atoms with E-state index in [4.69, 9.17) is 4.74 Å². The van der Waals surface area contributed by atoms with Crippen molar-refractivity contribution in [3.8, 4) is 0 Å². The predicted octanol–water partition coefficient (Wildman–Crippen LogP) is 2.07. The van der Waals surface area contributed by atoms with Crippen LogP contribution in [0.5, 0.6) is 0 Å². The number of sulfonamides is 1. The zero-order chi connectivity index (χ0) is 19.3. The van der Waals surface area contributed by atoms with Crippen molar-refractivity contribution in [1.29, 1.82) is 0 Å². The second-order valence-electron chi connectivity index (χ2n) is 6.83. The highest BCUT2D eigenvalue weighted by Gasteiger charge is 2.22. The molecule has 1 aliphatic heterocycles. The van der Waals surface area contributed by atoms with E-state index >= 15 is 0 Å². The van der Waals surface area contributed by atoms with Gasteiger partial charge in [-0.1, -0.05) is 6.07 Å². The zero-order valence-corrected chi connectivity index (χ0v) is 16.3. The Labute approximate surface area is 154 Å². The lowest BCUT2D eigenvalue weighted by Gasteiger charge is -2.35. The second kappa shape index (κ2) is 8.90. The van der Waals surface area contributed by atoms with Gasteiger partial charge in [-0.15, -0.1) is 0 Å². The first kappa shape index (κ1) is 20.8. The zero-order valence-electron chi connectivity index (χ0n) is 15.5. The van der Waals surface area contributed by atoms with Crippen molar-refractivity contribution >= 4 is 15.7 Å². The number of unbranched alkanes of at least 4 members (excludes halogenated alkanes) is 1. The molecule has 9 heteroatoms. The number of non-ortho nitro benzene ring substituents is 1. The number of morpholine rings is 1. The minimum absolute atomic E-state index is 0.0393. The van der Waals surface area contributed by atoms with Gasteiger partial charge in [0.1, 0.15) is 0 Å². The van der Waals surface area contributed by atoms with E-state index in [1.807, 2.05) is 0 Å². The molecule has 1 aromatic rings. The van der Waals surface area contributed by atoms with Crippen molar-refractivity contribution in [2.24, 2.45) is 0 Å². The number of aryl methyl sites for hydroxylation is 1. The van der Waals surface area contributed by atoms with Crippen LogP contribution in [0.4, 0.5) is 5.69 Å². The van der Waals surface area contributed by atoms with E-state index in [0.717, 1.165) is 32.1 Å².